The molecule has 1 aromatic carbocycles. The zero-order chi connectivity index (χ0) is 11.5. The third-order valence-electron chi connectivity index (χ3n) is 3.22. The second kappa shape index (κ2) is 5.17. The molecule has 0 spiro atoms. The quantitative estimate of drug-likeness (QED) is 0.878. The van der Waals surface area contributed by atoms with Gasteiger partial charge in [-0.2, -0.15) is 0 Å². The Balaban J connectivity index is 2.24. The highest BCUT2D eigenvalue weighted by atomic mass is 35.5. The van der Waals surface area contributed by atoms with Crippen LogP contribution >= 0.6 is 11.6 Å². The maximum atomic E-state index is 6.11. The lowest BCUT2D eigenvalue weighted by Crippen LogP contribution is -2.37. The average Bonchev–Trinajstić information content (AvgIpc) is 2.71. The van der Waals surface area contributed by atoms with Gasteiger partial charge in [-0.1, -0.05) is 23.7 Å². The van der Waals surface area contributed by atoms with Crippen LogP contribution in [0.25, 0.3) is 0 Å². The van der Waals surface area contributed by atoms with E-state index in [0.29, 0.717) is 6.04 Å². The topological polar surface area (TPSA) is 29.3 Å². The van der Waals surface area contributed by atoms with Gasteiger partial charge in [-0.3, -0.25) is 4.90 Å². The van der Waals surface area contributed by atoms with E-state index in [-0.39, 0.29) is 6.04 Å². The Bertz CT molecular complexity index is 346. The highest BCUT2D eigenvalue weighted by Crippen LogP contribution is 2.28. The summed E-state index contributed by atoms with van der Waals surface area (Å²) in [6.45, 7) is 4.38. The van der Waals surface area contributed by atoms with Crippen molar-refractivity contribution < 1.29 is 0 Å². The molecule has 2 atom stereocenters. The molecule has 1 heterocycles. The molecule has 3 heteroatoms. The van der Waals surface area contributed by atoms with Crippen molar-refractivity contribution in [3.8, 4) is 0 Å². The van der Waals surface area contributed by atoms with Crippen LogP contribution in [0.15, 0.2) is 24.3 Å². The van der Waals surface area contributed by atoms with E-state index in [1.807, 2.05) is 18.2 Å². The largest absolute Gasteiger partial charge is 0.326 e. The maximum Gasteiger partial charge on any atom is 0.0496 e. The fraction of sp³-hybridized carbons (Fsp3) is 0.538. The van der Waals surface area contributed by atoms with E-state index in [1.54, 1.807) is 0 Å². The van der Waals surface area contributed by atoms with E-state index in [0.717, 1.165) is 18.1 Å². The Kier molecular flexibility index (Phi) is 3.85. The summed E-state index contributed by atoms with van der Waals surface area (Å²) >= 11 is 6.04. The lowest BCUT2D eigenvalue weighted by Gasteiger charge is -2.31. The summed E-state index contributed by atoms with van der Waals surface area (Å²) in [6, 6.07) is 8.51. The smallest absolute Gasteiger partial charge is 0.0496 e. The molecule has 2 rings (SSSR count). The predicted molar refractivity (Wildman–Crippen MR) is 68.6 cm³/mol. The fourth-order valence-electron chi connectivity index (χ4n) is 2.56. The number of nitrogens with two attached hydrogens (primary N) is 1. The molecule has 1 saturated heterocycles. The summed E-state index contributed by atoms with van der Waals surface area (Å²) in [4.78, 5) is 2.47. The van der Waals surface area contributed by atoms with E-state index >= 15 is 0 Å². The van der Waals surface area contributed by atoms with E-state index in [1.165, 1.54) is 18.4 Å². The number of hydrogen-bond donors (Lipinski definition) is 1. The van der Waals surface area contributed by atoms with Crippen molar-refractivity contribution in [3.05, 3.63) is 34.9 Å². The van der Waals surface area contributed by atoms with Crippen LogP contribution in [-0.2, 0) is 0 Å². The summed E-state index contributed by atoms with van der Waals surface area (Å²) in [5.41, 5.74) is 7.35. The standard InChI is InChI=1S/C13H19ClN2/c1-10(15)13(16-7-2-3-8-16)11-5-4-6-12(14)9-11/h4-6,9-10,13H,2-3,7-8,15H2,1H3. The van der Waals surface area contributed by atoms with Crippen molar-refractivity contribution in [2.45, 2.75) is 31.8 Å². The molecule has 1 aliphatic heterocycles. The Morgan fingerprint density at radius 2 is 2.00 bits per heavy atom. The monoisotopic (exact) mass is 238 g/mol. The molecular weight excluding hydrogens is 220 g/mol. The summed E-state index contributed by atoms with van der Waals surface area (Å²) < 4.78 is 0. The number of benzene rings is 1. The van der Waals surface area contributed by atoms with Gasteiger partial charge >= 0.3 is 0 Å². The Hall–Kier alpha value is -0.570. The number of rotatable bonds is 3. The molecular formula is C13H19ClN2. The molecule has 0 bridgehead atoms. The lowest BCUT2D eigenvalue weighted by atomic mass is 9.99. The van der Waals surface area contributed by atoms with Crippen LogP contribution in [0.1, 0.15) is 31.4 Å². The minimum Gasteiger partial charge on any atom is -0.326 e. The zero-order valence-corrected chi connectivity index (χ0v) is 10.5. The first kappa shape index (κ1) is 11.9. The van der Waals surface area contributed by atoms with Crippen LogP contribution in [0.2, 0.25) is 5.02 Å². The molecule has 0 radical (unpaired) electrons. The SMILES string of the molecule is CC(N)C(c1cccc(Cl)c1)N1CCCC1. The average molecular weight is 239 g/mol. The Morgan fingerprint density at radius 1 is 1.31 bits per heavy atom. The molecule has 0 amide bonds. The molecule has 0 saturated carbocycles. The lowest BCUT2D eigenvalue weighted by molar-refractivity contribution is 0.219. The second-order valence-electron chi connectivity index (χ2n) is 4.60. The molecule has 1 fully saturated rings. The number of likely N-dealkylation sites (tertiary alicyclic amines) is 1. The van der Waals surface area contributed by atoms with Crippen molar-refractivity contribution in [1.29, 1.82) is 0 Å². The maximum absolute atomic E-state index is 6.11. The van der Waals surface area contributed by atoms with E-state index in [9.17, 15) is 0 Å². The van der Waals surface area contributed by atoms with Gasteiger partial charge in [-0.05, 0) is 50.6 Å². The van der Waals surface area contributed by atoms with Crippen molar-refractivity contribution in [1.82, 2.24) is 4.90 Å². The number of hydrogen-bond acceptors (Lipinski definition) is 2. The molecule has 2 unspecified atom stereocenters. The first-order valence-electron chi connectivity index (χ1n) is 5.93. The molecule has 1 aromatic rings. The summed E-state index contributed by atoms with van der Waals surface area (Å²) in [7, 11) is 0. The normalized spacial score (nSPS) is 20.9. The highest BCUT2D eigenvalue weighted by Gasteiger charge is 2.26. The number of nitrogens with zero attached hydrogens (tertiary/aromatic N) is 1. The Labute approximate surface area is 102 Å². The first-order chi connectivity index (χ1) is 7.68. The van der Waals surface area contributed by atoms with Crippen LogP contribution in [0.3, 0.4) is 0 Å². The van der Waals surface area contributed by atoms with E-state index in [2.05, 4.69) is 17.9 Å². The van der Waals surface area contributed by atoms with Crippen molar-refractivity contribution in [2.75, 3.05) is 13.1 Å². The van der Waals surface area contributed by atoms with Crippen molar-refractivity contribution in [2.24, 2.45) is 5.73 Å². The van der Waals surface area contributed by atoms with Gasteiger partial charge in [0.15, 0.2) is 0 Å². The van der Waals surface area contributed by atoms with Gasteiger partial charge in [-0.25, -0.2) is 0 Å². The van der Waals surface area contributed by atoms with Gasteiger partial charge in [-0.15, -0.1) is 0 Å². The van der Waals surface area contributed by atoms with Gasteiger partial charge in [0.1, 0.15) is 0 Å². The molecule has 2 N–H and O–H groups in total. The summed E-state index contributed by atoms with van der Waals surface area (Å²) in [6.07, 6.45) is 2.56. The van der Waals surface area contributed by atoms with Gasteiger partial charge in [0, 0.05) is 17.1 Å². The van der Waals surface area contributed by atoms with Crippen LogP contribution in [0, 0.1) is 0 Å². The van der Waals surface area contributed by atoms with E-state index in [4.69, 9.17) is 17.3 Å². The highest BCUT2D eigenvalue weighted by molar-refractivity contribution is 6.30. The minimum atomic E-state index is 0.136. The van der Waals surface area contributed by atoms with Gasteiger partial charge in [0.25, 0.3) is 0 Å². The first-order valence-corrected chi connectivity index (χ1v) is 6.31. The van der Waals surface area contributed by atoms with Gasteiger partial charge in [0.05, 0.1) is 0 Å². The molecule has 2 nitrogen and oxygen atoms in total. The zero-order valence-electron chi connectivity index (χ0n) is 9.70. The molecule has 1 aliphatic rings. The third-order valence-corrected chi connectivity index (χ3v) is 3.46. The van der Waals surface area contributed by atoms with Crippen LogP contribution in [0.5, 0.6) is 0 Å². The van der Waals surface area contributed by atoms with Crippen LogP contribution < -0.4 is 5.73 Å². The minimum absolute atomic E-state index is 0.136. The number of halogens is 1. The van der Waals surface area contributed by atoms with Gasteiger partial charge in [0.2, 0.25) is 0 Å². The molecule has 88 valence electrons. The second-order valence-corrected chi connectivity index (χ2v) is 5.04. The van der Waals surface area contributed by atoms with Crippen molar-refractivity contribution >= 4 is 11.6 Å². The molecule has 0 aromatic heterocycles. The summed E-state index contributed by atoms with van der Waals surface area (Å²) in [5.74, 6) is 0. The van der Waals surface area contributed by atoms with Crippen molar-refractivity contribution in [3.63, 3.8) is 0 Å². The molecule has 0 aliphatic carbocycles. The van der Waals surface area contributed by atoms with E-state index < -0.39 is 0 Å². The van der Waals surface area contributed by atoms with Gasteiger partial charge < -0.3 is 5.73 Å². The van der Waals surface area contributed by atoms with Crippen LogP contribution in [0.4, 0.5) is 0 Å². The fourth-order valence-corrected chi connectivity index (χ4v) is 2.76. The third kappa shape index (κ3) is 2.57. The summed E-state index contributed by atoms with van der Waals surface area (Å²) in [5, 5.41) is 0.794. The molecule has 16 heavy (non-hydrogen) atoms. The predicted octanol–water partition coefficient (Wildman–Crippen LogP) is 2.82. The Morgan fingerprint density at radius 3 is 2.56 bits per heavy atom. The van der Waals surface area contributed by atoms with Crippen LogP contribution in [-0.4, -0.2) is 24.0 Å².